The summed E-state index contributed by atoms with van der Waals surface area (Å²) in [5.74, 6) is 0. The molecule has 1 rings (SSSR count). The molecule has 0 unspecified atom stereocenters. The van der Waals surface area contributed by atoms with Crippen LogP contribution < -0.4 is 5.32 Å². The zero-order valence-electron chi connectivity index (χ0n) is 8.59. The zero-order chi connectivity index (χ0) is 9.68. The van der Waals surface area contributed by atoms with Crippen molar-refractivity contribution in [2.45, 2.75) is 13.8 Å². The second kappa shape index (κ2) is 4.83. The standard InChI is InChI=1S/C12H17N/c1-10-6-7-12(11(2)9-10)5-4-8-13-3/h4-7,9,13H,8H2,1-3H3/b5-4+. The summed E-state index contributed by atoms with van der Waals surface area (Å²) in [6, 6.07) is 6.52. The lowest BCUT2D eigenvalue weighted by Crippen LogP contribution is -2.03. The number of likely N-dealkylation sites (N-methyl/N-ethyl adjacent to an activating group) is 1. The molecule has 0 amide bonds. The van der Waals surface area contributed by atoms with Gasteiger partial charge in [-0.25, -0.2) is 0 Å². The number of benzene rings is 1. The van der Waals surface area contributed by atoms with Crippen molar-refractivity contribution < 1.29 is 0 Å². The number of hydrogen-bond acceptors (Lipinski definition) is 1. The molecule has 0 bridgehead atoms. The van der Waals surface area contributed by atoms with Gasteiger partial charge in [0, 0.05) is 6.54 Å². The van der Waals surface area contributed by atoms with E-state index in [-0.39, 0.29) is 0 Å². The first-order chi connectivity index (χ1) is 6.24. The fourth-order valence-electron chi connectivity index (χ4n) is 1.32. The third kappa shape index (κ3) is 3.03. The molecule has 0 spiro atoms. The molecule has 0 radical (unpaired) electrons. The summed E-state index contributed by atoms with van der Waals surface area (Å²) in [5, 5.41) is 3.08. The van der Waals surface area contributed by atoms with Gasteiger partial charge >= 0.3 is 0 Å². The molecule has 0 heterocycles. The highest BCUT2D eigenvalue weighted by Gasteiger charge is 1.92. The van der Waals surface area contributed by atoms with Crippen molar-refractivity contribution in [2.24, 2.45) is 0 Å². The lowest BCUT2D eigenvalue weighted by atomic mass is 10.1. The van der Waals surface area contributed by atoms with E-state index in [1.807, 2.05) is 7.05 Å². The molecule has 1 N–H and O–H groups in total. The number of aryl methyl sites for hydroxylation is 2. The Labute approximate surface area is 80.5 Å². The minimum absolute atomic E-state index is 0.924. The predicted molar refractivity (Wildman–Crippen MR) is 58.9 cm³/mol. The van der Waals surface area contributed by atoms with Gasteiger partial charge in [-0.3, -0.25) is 0 Å². The van der Waals surface area contributed by atoms with Crippen LogP contribution in [0.2, 0.25) is 0 Å². The van der Waals surface area contributed by atoms with Crippen LogP contribution in [0.4, 0.5) is 0 Å². The maximum Gasteiger partial charge on any atom is 0.0135 e. The minimum Gasteiger partial charge on any atom is -0.316 e. The van der Waals surface area contributed by atoms with Gasteiger partial charge in [-0.1, -0.05) is 35.9 Å². The third-order valence-electron chi connectivity index (χ3n) is 2.04. The predicted octanol–water partition coefficient (Wildman–Crippen LogP) is 2.54. The monoisotopic (exact) mass is 175 g/mol. The fourth-order valence-corrected chi connectivity index (χ4v) is 1.32. The van der Waals surface area contributed by atoms with E-state index in [9.17, 15) is 0 Å². The molecule has 0 aliphatic carbocycles. The molecule has 13 heavy (non-hydrogen) atoms. The minimum atomic E-state index is 0.924. The summed E-state index contributed by atoms with van der Waals surface area (Å²) < 4.78 is 0. The van der Waals surface area contributed by atoms with Gasteiger partial charge in [0.15, 0.2) is 0 Å². The van der Waals surface area contributed by atoms with Crippen molar-refractivity contribution in [1.82, 2.24) is 5.32 Å². The quantitative estimate of drug-likeness (QED) is 0.744. The van der Waals surface area contributed by atoms with E-state index < -0.39 is 0 Å². The Bertz CT molecular complexity index is 300. The third-order valence-corrected chi connectivity index (χ3v) is 2.04. The van der Waals surface area contributed by atoms with E-state index in [0.717, 1.165) is 6.54 Å². The van der Waals surface area contributed by atoms with Crippen LogP contribution in [-0.2, 0) is 0 Å². The van der Waals surface area contributed by atoms with Crippen LogP contribution in [0.1, 0.15) is 16.7 Å². The molecule has 70 valence electrons. The van der Waals surface area contributed by atoms with E-state index in [0.29, 0.717) is 0 Å². The van der Waals surface area contributed by atoms with E-state index >= 15 is 0 Å². The van der Waals surface area contributed by atoms with Gasteiger partial charge in [0.05, 0.1) is 0 Å². The average Bonchev–Trinajstić information content (AvgIpc) is 2.09. The van der Waals surface area contributed by atoms with E-state index in [1.165, 1.54) is 16.7 Å². The Morgan fingerprint density at radius 2 is 2.08 bits per heavy atom. The van der Waals surface area contributed by atoms with Gasteiger partial charge in [0.25, 0.3) is 0 Å². The van der Waals surface area contributed by atoms with Crippen LogP contribution >= 0.6 is 0 Å². The van der Waals surface area contributed by atoms with Gasteiger partial charge in [-0.2, -0.15) is 0 Å². The second-order valence-corrected chi connectivity index (χ2v) is 3.32. The van der Waals surface area contributed by atoms with Crippen LogP contribution in [0, 0.1) is 13.8 Å². The molecule has 0 aliphatic heterocycles. The Balaban J connectivity index is 2.77. The fraction of sp³-hybridized carbons (Fsp3) is 0.333. The number of nitrogens with one attached hydrogen (secondary N) is 1. The van der Waals surface area contributed by atoms with Crippen LogP contribution in [0.15, 0.2) is 24.3 Å². The first-order valence-corrected chi connectivity index (χ1v) is 4.62. The van der Waals surface area contributed by atoms with Gasteiger partial charge in [-0.15, -0.1) is 0 Å². The van der Waals surface area contributed by atoms with Crippen molar-refractivity contribution in [3.63, 3.8) is 0 Å². The van der Waals surface area contributed by atoms with E-state index in [4.69, 9.17) is 0 Å². The largest absolute Gasteiger partial charge is 0.316 e. The highest BCUT2D eigenvalue weighted by atomic mass is 14.8. The lowest BCUT2D eigenvalue weighted by molar-refractivity contribution is 0.922. The maximum absolute atomic E-state index is 3.08. The number of rotatable bonds is 3. The number of hydrogen-bond donors (Lipinski definition) is 1. The molecule has 1 aromatic carbocycles. The molecule has 0 fully saturated rings. The van der Waals surface area contributed by atoms with Crippen molar-refractivity contribution in [1.29, 1.82) is 0 Å². The van der Waals surface area contributed by atoms with Gasteiger partial charge in [-0.05, 0) is 32.0 Å². The normalized spacial score (nSPS) is 11.0. The van der Waals surface area contributed by atoms with Crippen molar-refractivity contribution in [3.8, 4) is 0 Å². The van der Waals surface area contributed by atoms with Gasteiger partial charge < -0.3 is 5.32 Å². The molecule has 0 atom stereocenters. The first kappa shape index (κ1) is 10.0. The van der Waals surface area contributed by atoms with Gasteiger partial charge in [0.2, 0.25) is 0 Å². The van der Waals surface area contributed by atoms with Crippen molar-refractivity contribution in [2.75, 3.05) is 13.6 Å². The molecule has 0 saturated carbocycles. The molecular weight excluding hydrogens is 158 g/mol. The summed E-state index contributed by atoms with van der Waals surface area (Å²) in [6.45, 7) is 5.19. The molecule has 0 aliphatic rings. The molecule has 0 aromatic heterocycles. The Kier molecular flexibility index (Phi) is 3.71. The maximum atomic E-state index is 3.08. The van der Waals surface area contributed by atoms with Crippen LogP contribution in [0.25, 0.3) is 6.08 Å². The van der Waals surface area contributed by atoms with Crippen LogP contribution in [0.3, 0.4) is 0 Å². The Morgan fingerprint density at radius 3 is 2.69 bits per heavy atom. The van der Waals surface area contributed by atoms with Crippen molar-refractivity contribution >= 4 is 6.08 Å². The smallest absolute Gasteiger partial charge is 0.0135 e. The Hall–Kier alpha value is -1.08. The SMILES string of the molecule is CNC/C=C/c1ccc(C)cc1C. The molecule has 1 aromatic rings. The molecular formula is C12H17N. The summed E-state index contributed by atoms with van der Waals surface area (Å²) >= 11 is 0. The van der Waals surface area contributed by atoms with E-state index in [2.05, 4.69) is 49.5 Å². The van der Waals surface area contributed by atoms with Crippen LogP contribution in [0.5, 0.6) is 0 Å². The summed E-state index contributed by atoms with van der Waals surface area (Å²) in [4.78, 5) is 0. The van der Waals surface area contributed by atoms with Crippen molar-refractivity contribution in [3.05, 3.63) is 41.0 Å². The first-order valence-electron chi connectivity index (χ1n) is 4.62. The lowest BCUT2D eigenvalue weighted by Gasteiger charge is -2.01. The molecule has 1 heteroatoms. The van der Waals surface area contributed by atoms with Gasteiger partial charge in [0.1, 0.15) is 0 Å². The summed E-state index contributed by atoms with van der Waals surface area (Å²) in [5.41, 5.74) is 3.97. The van der Waals surface area contributed by atoms with Crippen LogP contribution in [-0.4, -0.2) is 13.6 Å². The van der Waals surface area contributed by atoms with E-state index in [1.54, 1.807) is 0 Å². The topological polar surface area (TPSA) is 12.0 Å². The summed E-state index contributed by atoms with van der Waals surface area (Å²) in [6.07, 6.45) is 4.29. The second-order valence-electron chi connectivity index (χ2n) is 3.32. The average molecular weight is 175 g/mol. The summed E-state index contributed by atoms with van der Waals surface area (Å²) in [7, 11) is 1.95. The highest BCUT2D eigenvalue weighted by molar-refractivity contribution is 5.54. The zero-order valence-corrected chi connectivity index (χ0v) is 8.59. The molecule has 0 saturated heterocycles. The molecule has 1 nitrogen and oxygen atoms in total. The Morgan fingerprint density at radius 1 is 1.31 bits per heavy atom. The highest BCUT2D eigenvalue weighted by Crippen LogP contribution is 2.11.